The van der Waals surface area contributed by atoms with Crippen LogP contribution in [0.5, 0.6) is 0 Å². The highest BCUT2D eigenvalue weighted by atomic mass is 32.2. The first-order valence-corrected chi connectivity index (χ1v) is 7.22. The number of aromatic nitrogens is 1. The number of hydrogen-bond donors (Lipinski definition) is 1. The van der Waals surface area contributed by atoms with Crippen LogP contribution >= 0.6 is 11.8 Å². The van der Waals surface area contributed by atoms with Crippen LogP contribution in [0.2, 0.25) is 0 Å². The lowest BCUT2D eigenvalue weighted by Crippen LogP contribution is -2.37. The summed E-state index contributed by atoms with van der Waals surface area (Å²) in [6, 6.07) is 3.17. The standard InChI is InChI=1S/C13H16N2O3S/c1-8-10(13(17)18)3-4-11(14-8)12(16)15(2)9-5-6-19-7-9/h3-4,9H,5-7H2,1-2H3,(H,17,18). The van der Waals surface area contributed by atoms with Crippen LogP contribution in [0.4, 0.5) is 0 Å². The smallest absolute Gasteiger partial charge is 0.337 e. The summed E-state index contributed by atoms with van der Waals surface area (Å²) in [4.78, 5) is 29.0. The maximum Gasteiger partial charge on any atom is 0.337 e. The van der Waals surface area contributed by atoms with Gasteiger partial charge in [0.05, 0.1) is 11.3 Å². The molecule has 1 unspecified atom stereocenters. The maximum absolute atomic E-state index is 12.3. The number of rotatable bonds is 3. The van der Waals surface area contributed by atoms with Crippen LogP contribution in [-0.2, 0) is 0 Å². The summed E-state index contributed by atoms with van der Waals surface area (Å²) < 4.78 is 0. The summed E-state index contributed by atoms with van der Waals surface area (Å²) in [5.41, 5.74) is 0.810. The van der Waals surface area contributed by atoms with Crippen molar-refractivity contribution in [2.75, 3.05) is 18.6 Å². The molecule has 0 bridgehead atoms. The average molecular weight is 280 g/mol. The highest BCUT2D eigenvalue weighted by Crippen LogP contribution is 2.22. The van der Waals surface area contributed by atoms with E-state index in [-0.39, 0.29) is 17.5 Å². The van der Waals surface area contributed by atoms with Crippen LogP contribution in [0, 0.1) is 6.92 Å². The topological polar surface area (TPSA) is 70.5 Å². The van der Waals surface area contributed by atoms with Gasteiger partial charge in [-0.15, -0.1) is 0 Å². The van der Waals surface area contributed by atoms with Crippen molar-refractivity contribution in [1.29, 1.82) is 0 Å². The molecule has 102 valence electrons. The Morgan fingerprint density at radius 3 is 2.74 bits per heavy atom. The highest BCUT2D eigenvalue weighted by molar-refractivity contribution is 7.99. The van der Waals surface area contributed by atoms with Crippen molar-refractivity contribution in [3.8, 4) is 0 Å². The van der Waals surface area contributed by atoms with E-state index in [2.05, 4.69) is 4.98 Å². The molecule has 2 heterocycles. The van der Waals surface area contributed by atoms with Crippen molar-refractivity contribution in [1.82, 2.24) is 9.88 Å². The summed E-state index contributed by atoms with van der Waals surface area (Å²) in [5, 5.41) is 8.94. The van der Waals surface area contributed by atoms with Gasteiger partial charge in [0.2, 0.25) is 0 Å². The molecule has 0 aliphatic carbocycles. The van der Waals surface area contributed by atoms with Gasteiger partial charge in [0, 0.05) is 18.8 Å². The summed E-state index contributed by atoms with van der Waals surface area (Å²) in [6.45, 7) is 1.60. The first-order valence-electron chi connectivity index (χ1n) is 6.06. The number of pyridine rings is 1. The Bertz CT molecular complexity index is 513. The molecular weight excluding hydrogens is 264 g/mol. The normalized spacial score (nSPS) is 18.3. The van der Waals surface area contributed by atoms with Gasteiger partial charge in [-0.2, -0.15) is 11.8 Å². The van der Waals surface area contributed by atoms with Crippen LogP contribution in [0.15, 0.2) is 12.1 Å². The average Bonchev–Trinajstić information content (AvgIpc) is 2.90. The molecule has 0 radical (unpaired) electrons. The summed E-state index contributed by atoms with van der Waals surface area (Å²) in [5.74, 6) is 0.860. The lowest BCUT2D eigenvalue weighted by molar-refractivity contribution is 0.0690. The van der Waals surface area contributed by atoms with E-state index >= 15 is 0 Å². The quantitative estimate of drug-likeness (QED) is 0.912. The van der Waals surface area contributed by atoms with Crippen molar-refractivity contribution >= 4 is 23.6 Å². The van der Waals surface area contributed by atoms with E-state index in [1.807, 2.05) is 11.8 Å². The minimum absolute atomic E-state index is 0.135. The third kappa shape index (κ3) is 2.89. The number of thioether (sulfide) groups is 1. The van der Waals surface area contributed by atoms with Gasteiger partial charge in [-0.05, 0) is 31.2 Å². The molecule has 2 rings (SSSR count). The summed E-state index contributed by atoms with van der Waals surface area (Å²) in [7, 11) is 1.78. The Labute approximate surface area is 116 Å². The van der Waals surface area contributed by atoms with E-state index in [0.29, 0.717) is 11.4 Å². The second-order valence-corrected chi connectivity index (χ2v) is 5.72. The van der Waals surface area contributed by atoms with Gasteiger partial charge in [0.1, 0.15) is 5.69 Å². The fourth-order valence-electron chi connectivity index (χ4n) is 2.08. The number of hydrogen-bond acceptors (Lipinski definition) is 4. The molecular formula is C13H16N2O3S. The van der Waals surface area contributed by atoms with E-state index in [0.717, 1.165) is 17.9 Å². The van der Waals surface area contributed by atoms with E-state index in [9.17, 15) is 9.59 Å². The Hall–Kier alpha value is -1.56. The molecule has 1 aliphatic rings. The largest absolute Gasteiger partial charge is 0.478 e. The zero-order valence-corrected chi connectivity index (χ0v) is 11.7. The Morgan fingerprint density at radius 1 is 1.47 bits per heavy atom. The Kier molecular flexibility index (Phi) is 4.09. The van der Waals surface area contributed by atoms with Crippen LogP contribution < -0.4 is 0 Å². The van der Waals surface area contributed by atoms with Gasteiger partial charge in [0.25, 0.3) is 5.91 Å². The van der Waals surface area contributed by atoms with Gasteiger partial charge in [-0.1, -0.05) is 0 Å². The molecule has 0 aromatic carbocycles. The molecule has 0 spiro atoms. The molecule has 1 atom stereocenters. The van der Waals surface area contributed by atoms with Crippen molar-refractivity contribution in [2.24, 2.45) is 0 Å². The van der Waals surface area contributed by atoms with Gasteiger partial charge in [-0.25, -0.2) is 9.78 Å². The second-order valence-electron chi connectivity index (χ2n) is 4.57. The zero-order valence-electron chi connectivity index (χ0n) is 10.9. The third-order valence-electron chi connectivity index (χ3n) is 3.31. The zero-order chi connectivity index (χ0) is 14.0. The van der Waals surface area contributed by atoms with Crippen molar-refractivity contribution in [3.05, 3.63) is 29.1 Å². The fourth-order valence-corrected chi connectivity index (χ4v) is 3.35. The molecule has 1 saturated heterocycles. The number of aromatic carboxylic acids is 1. The van der Waals surface area contributed by atoms with Crippen LogP contribution in [-0.4, -0.2) is 51.5 Å². The molecule has 0 saturated carbocycles. The first kappa shape index (κ1) is 13.9. The number of carbonyl (C=O) groups is 2. The number of amides is 1. The Morgan fingerprint density at radius 2 is 2.21 bits per heavy atom. The highest BCUT2D eigenvalue weighted by Gasteiger charge is 2.25. The van der Waals surface area contributed by atoms with Crippen LogP contribution in [0.25, 0.3) is 0 Å². The Balaban J connectivity index is 2.19. The first-order chi connectivity index (χ1) is 9.00. The lowest BCUT2D eigenvalue weighted by atomic mass is 10.1. The predicted molar refractivity (Wildman–Crippen MR) is 73.8 cm³/mol. The van der Waals surface area contributed by atoms with E-state index in [1.54, 1.807) is 18.9 Å². The van der Waals surface area contributed by atoms with Crippen molar-refractivity contribution < 1.29 is 14.7 Å². The van der Waals surface area contributed by atoms with Gasteiger partial charge in [0.15, 0.2) is 0 Å². The molecule has 6 heteroatoms. The molecule has 19 heavy (non-hydrogen) atoms. The molecule has 1 amide bonds. The maximum atomic E-state index is 12.3. The SMILES string of the molecule is Cc1nc(C(=O)N(C)C2CCSC2)ccc1C(=O)O. The fraction of sp³-hybridized carbons (Fsp3) is 0.462. The van der Waals surface area contributed by atoms with Gasteiger partial charge >= 0.3 is 5.97 Å². The lowest BCUT2D eigenvalue weighted by Gasteiger charge is -2.23. The molecule has 1 aromatic heterocycles. The van der Waals surface area contributed by atoms with Crippen molar-refractivity contribution in [2.45, 2.75) is 19.4 Å². The number of carboxylic acids is 1. The second kappa shape index (κ2) is 5.61. The van der Waals surface area contributed by atoms with Crippen LogP contribution in [0.3, 0.4) is 0 Å². The molecule has 5 nitrogen and oxygen atoms in total. The number of carboxylic acid groups (broad SMARTS) is 1. The number of aryl methyl sites for hydroxylation is 1. The minimum Gasteiger partial charge on any atom is -0.478 e. The van der Waals surface area contributed by atoms with E-state index in [1.165, 1.54) is 12.1 Å². The van der Waals surface area contributed by atoms with E-state index in [4.69, 9.17) is 5.11 Å². The summed E-state index contributed by atoms with van der Waals surface area (Å²) >= 11 is 1.84. The molecule has 1 N–H and O–H groups in total. The van der Waals surface area contributed by atoms with Crippen molar-refractivity contribution in [3.63, 3.8) is 0 Å². The van der Waals surface area contributed by atoms with Crippen LogP contribution in [0.1, 0.15) is 33.0 Å². The molecule has 1 fully saturated rings. The van der Waals surface area contributed by atoms with E-state index < -0.39 is 5.97 Å². The third-order valence-corrected chi connectivity index (χ3v) is 4.45. The molecule has 1 aromatic rings. The minimum atomic E-state index is -1.02. The molecule has 1 aliphatic heterocycles. The monoisotopic (exact) mass is 280 g/mol. The predicted octanol–water partition coefficient (Wildman–Crippen LogP) is 1.67. The number of nitrogens with zero attached hydrogens (tertiary/aromatic N) is 2. The summed E-state index contributed by atoms with van der Waals surface area (Å²) in [6.07, 6.45) is 0.999. The van der Waals surface area contributed by atoms with Gasteiger partial charge in [-0.3, -0.25) is 4.79 Å². The number of carbonyl (C=O) groups excluding carboxylic acids is 1. The van der Waals surface area contributed by atoms with Gasteiger partial charge < -0.3 is 10.0 Å².